The van der Waals surface area contributed by atoms with Crippen LogP contribution in [0.3, 0.4) is 0 Å². The van der Waals surface area contributed by atoms with Crippen LogP contribution in [0.5, 0.6) is 0 Å². The normalized spacial score (nSPS) is 21.1. The number of aryl methyl sites for hydroxylation is 1. The lowest BCUT2D eigenvalue weighted by molar-refractivity contribution is -0.114. The smallest absolute Gasteiger partial charge is 0.299 e. The summed E-state index contributed by atoms with van der Waals surface area (Å²) in [5, 5.41) is 19.1. The lowest BCUT2D eigenvalue weighted by Gasteiger charge is -2.19. The second kappa shape index (κ2) is 6.15. The van der Waals surface area contributed by atoms with E-state index in [-0.39, 0.29) is 17.0 Å². The summed E-state index contributed by atoms with van der Waals surface area (Å²) < 4.78 is 3.16. The van der Waals surface area contributed by atoms with Gasteiger partial charge in [0.15, 0.2) is 11.5 Å². The lowest BCUT2D eigenvalue weighted by atomic mass is 10.0. The molecule has 1 aromatic carbocycles. The molecule has 0 saturated carbocycles. The molecule has 0 spiro atoms. The molecule has 0 aliphatic carbocycles. The summed E-state index contributed by atoms with van der Waals surface area (Å²) in [7, 11) is 0. The number of allylic oxidation sites excluding steroid dienone is 2. The molecule has 0 fully saturated rings. The van der Waals surface area contributed by atoms with Crippen LogP contribution in [-0.4, -0.2) is 25.2 Å². The van der Waals surface area contributed by atoms with Crippen LogP contribution in [-0.2, 0) is 4.79 Å². The standard InChI is InChI=1S/C20H20N4O3S/c1-10-6-8-14(9-7-10)21-22-16-11(2)23-17-15(13(4)25)20(5,27)28-18(17)12(3)24(23)19(16)26/h6-9,27H,1-5H3. The van der Waals surface area contributed by atoms with Gasteiger partial charge in [0.25, 0.3) is 5.56 Å². The zero-order valence-corrected chi connectivity index (χ0v) is 17.1. The number of hydrogen-bond donors (Lipinski definition) is 1. The summed E-state index contributed by atoms with van der Waals surface area (Å²) in [5.41, 5.74) is 3.76. The molecule has 4 rings (SSSR count). The molecule has 1 N–H and O–H groups in total. The quantitative estimate of drug-likeness (QED) is 0.790. The van der Waals surface area contributed by atoms with E-state index >= 15 is 0 Å². The van der Waals surface area contributed by atoms with Crippen LogP contribution in [0.4, 0.5) is 11.4 Å². The van der Waals surface area contributed by atoms with E-state index in [0.717, 1.165) is 10.5 Å². The van der Waals surface area contributed by atoms with E-state index in [1.54, 1.807) is 25.5 Å². The van der Waals surface area contributed by atoms with E-state index < -0.39 is 4.93 Å². The van der Waals surface area contributed by atoms with Gasteiger partial charge < -0.3 is 5.11 Å². The van der Waals surface area contributed by atoms with Crippen LogP contribution in [0.15, 0.2) is 49.8 Å². The van der Waals surface area contributed by atoms with Gasteiger partial charge in [-0.1, -0.05) is 29.5 Å². The highest BCUT2D eigenvalue weighted by atomic mass is 32.2. The third-order valence-electron chi connectivity index (χ3n) is 4.98. The van der Waals surface area contributed by atoms with Crippen LogP contribution in [0.2, 0.25) is 0 Å². The summed E-state index contributed by atoms with van der Waals surface area (Å²) in [6.07, 6.45) is 0. The Morgan fingerprint density at radius 2 is 1.75 bits per heavy atom. The molecule has 144 valence electrons. The summed E-state index contributed by atoms with van der Waals surface area (Å²) in [4.78, 5) is 24.7. The number of thioether (sulfide) groups is 1. The number of ketones is 1. The van der Waals surface area contributed by atoms with Gasteiger partial charge in [0, 0.05) is 0 Å². The van der Waals surface area contributed by atoms with Crippen LogP contribution in [0, 0.1) is 13.8 Å². The molecular weight excluding hydrogens is 376 g/mol. The van der Waals surface area contributed by atoms with Crippen molar-refractivity contribution in [3.8, 4) is 0 Å². The molecule has 8 heteroatoms. The van der Waals surface area contributed by atoms with Crippen molar-refractivity contribution in [2.75, 3.05) is 0 Å². The number of benzene rings is 1. The molecule has 2 aliphatic rings. The maximum atomic E-state index is 13.0. The summed E-state index contributed by atoms with van der Waals surface area (Å²) >= 11 is 1.18. The molecule has 1 atom stereocenters. The topological polar surface area (TPSA) is 89.0 Å². The third kappa shape index (κ3) is 2.56. The second-order valence-electron chi connectivity index (χ2n) is 7.18. The van der Waals surface area contributed by atoms with E-state index in [2.05, 4.69) is 10.2 Å². The highest BCUT2D eigenvalue weighted by Gasteiger charge is 2.47. The van der Waals surface area contributed by atoms with E-state index in [1.807, 2.05) is 31.2 Å². The SMILES string of the molecule is CC(=O)C1=C2C(=C(C)n3c(=O)c(N=Nc4ccc(C)cc4)c(C)n32)SC1(C)O. The zero-order chi connectivity index (χ0) is 20.4. The minimum absolute atomic E-state index is 0.214. The van der Waals surface area contributed by atoms with Gasteiger partial charge in [0.1, 0.15) is 4.93 Å². The van der Waals surface area contributed by atoms with Gasteiger partial charge in [0.05, 0.1) is 33.3 Å². The average molecular weight is 396 g/mol. The molecule has 2 aromatic rings. The van der Waals surface area contributed by atoms with Gasteiger partial charge in [-0.3, -0.25) is 9.59 Å². The minimum atomic E-state index is -1.33. The first-order valence-electron chi connectivity index (χ1n) is 8.85. The van der Waals surface area contributed by atoms with Gasteiger partial charge >= 0.3 is 0 Å². The Balaban J connectivity index is 1.91. The predicted octanol–water partition coefficient (Wildman–Crippen LogP) is 4.14. The van der Waals surface area contributed by atoms with Gasteiger partial charge in [0.2, 0.25) is 0 Å². The zero-order valence-electron chi connectivity index (χ0n) is 16.3. The minimum Gasteiger partial charge on any atom is -0.375 e. The number of aliphatic hydroxyl groups is 1. The first-order chi connectivity index (χ1) is 13.1. The molecule has 0 bridgehead atoms. The number of rotatable bonds is 3. The molecule has 0 amide bonds. The predicted molar refractivity (Wildman–Crippen MR) is 110 cm³/mol. The Bertz CT molecular complexity index is 1180. The Hall–Kier alpha value is -2.71. The van der Waals surface area contributed by atoms with Crippen molar-refractivity contribution >= 4 is 40.3 Å². The van der Waals surface area contributed by atoms with Crippen molar-refractivity contribution in [1.82, 2.24) is 9.36 Å². The highest BCUT2D eigenvalue weighted by molar-refractivity contribution is 8.05. The van der Waals surface area contributed by atoms with E-state index in [1.165, 1.54) is 23.4 Å². The molecule has 0 radical (unpaired) electrons. The molecule has 1 unspecified atom stereocenters. The number of nitrogens with zero attached hydrogens (tertiary/aromatic N) is 4. The average Bonchev–Trinajstić information content (AvgIpc) is 3.14. The molecule has 1 aromatic heterocycles. The van der Waals surface area contributed by atoms with Crippen molar-refractivity contribution in [1.29, 1.82) is 0 Å². The van der Waals surface area contributed by atoms with Gasteiger partial charge in [-0.05, 0) is 46.8 Å². The van der Waals surface area contributed by atoms with Crippen molar-refractivity contribution < 1.29 is 9.90 Å². The van der Waals surface area contributed by atoms with E-state index in [0.29, 0.717) is 28.3 Å². The number of aromatic nitrogens is 2. The number of Topliss-reactive ketones (excluding diaryl/α,β-unsaturated/α-hetero) is 1. The second-order valence-corrected chi connectivity index (χ2v) is 8.58. The molecule has 28 heavy (non-hydrogen) atoms. The van der Waals surface area contributed by atoms with Gasteiger partial charge in [-0.25, -0.2) is 9.36 Å². The lowest BCUT2D eigenvalue weighted by Crippen LogP contribution is -2.26. The number of carbonyl (C=O) groups is 1. The van der Waals surface area contributed by atoms with Crippen LogP contribution < -0.4 is 5.56 Å². The summed E-state index contributed by atoms with van der Waals surface area (Å²) in [5.74, 6) is -0.230. The molecule has 0 saturated heterocycles. The van der Waals surface area contributed by atoms with Crippen LogP contribution in [0.25, 0.3) is 11.4 Å². The summed E-state index contributed by atoms with van der Waals surface area (Å²) in [6, 6.07) is 7.52. The number of hydrogen-bond acceptors (Lipinski definition) is 6. The van der Waals surface area contributed by atoms with Crippen molar-refractivity contribution in [2.45, 2.75) is 39.6 Å². The Morgan fingerprint density at radius 1 is 1.11 bits per heavy atom. The van der Waals surface area contributed by atoms with Crippen molar-refractivity contribution in [3.05, 3.63) is 56.4 Å². The monoisotopic (exact) mass is 396 g/mol. The first-order valence-corrected chi connectivity index (χ1v) is 9.67. The Morgan fingerprint density at radius 3 is 2.36 bits per heavy atom. The highest BCUT2D eigenvalue weighted by Crippen LogP contribution is 2.55. The molecule has 7 nitrogen and oxygen atoms in total. The van der Waals surface area contributed by atoms with Gasteiger partial charge in [-0.15, -0.1) is 5.11 Å². The fourth-order valence-corrected chi connectivity index (χ4v) is 4.93. The van der Waals surface area contributed by atoms with Crippen LogP contribution >= 0.6 is 11.8 Å². The molecule has 2 aliphatic heterocycles. The van der Waals surface area contributed by atoms with E-state index in [4.69, 9.17) is 0 Å². The maximum absolute atomic E-state index is 13.0. The maximum Gasteiger partial charge on any atom is 0.299 e. The Labute approximate surface area is 166 Å². The first kappa shape index (κ1) is 18.6. The van der Waals surface area contributed by atoms with Crippen molar-refractivity contribution in [2.24, 2.45) is 10.2 Å². The molecule has 3 heterocycles. The summed E-state index contributed by atoms with van der Waals surface area (Å²) in [6.45, 7) is 8.57. The fourth-order valence-electron chi connectivity index (χ4n) is 3.67. The van der Waals surface area contributed by atoms with Crippen molar-refractivity contribution in [3.63, 3.8) is 0 Å². The molecular formula is C20H20N4O3S. The van der Waals surface area contributed by atoms with E-state index in [9.17, 15) is 14.7 Å². The number of carbonyl (C=O) groups excluding carboxylic acids is 1. The number of fused-ring (bicyclic) bond motifs is 3. The van der Waals surface area contributed by atoms with Gasteiger partial charge in [-0.2, -0.15) is 5.11 Å². The number of azo groups is 1. The third-order valence-corrected chi connectivity index (χ3v) is 6.28. The van der Waals surface area contributed by atoms with Crippen LogP contribution in [0.1, 0.15) is 32.0 Å². The Kier molecular flexibility index (Phi) is 4.09. The largest absolute Gasteiger partial charge is 0.375 e. The fraction of sp³-hybridized carbons (Fsp3) is 0.300.